The Bertz CT molecular complexity index is 1030. The van der Waals surface area contributed by atoms with Crippen LogP contribution in [0.2, 0.25) is 0 Å². The van der Waals surface area contributed by atoms with Crippen molar-refractivity contribution in [3.8, 4) is 5.88 Å². The van der Waals surface area contributed by atoms with Crippen molar-refractivity contribution < 1.29 is 14.6 Å². The number of likely N-dealkylation sites (tertiary alicyclic amines) is 1. The molecule has 4 rings (SSSR count). The predicted molar refractivity (Wildman–Crippen MR) is 119 cm³/mol. The second-order valence-corrected chi connectivity index (χ2v) is 7.53. The molecule has 2 aromatic rings. The van der Waals surface area contributed by atoms with Gasteiger partial charge in [0.25, 0.3) is 5.88 Å². The van der Waals surface area contributed by atoms with E-state index < -0.39 is 0 Å². The van der Waals surface area contributed by atoms with Gasteiger partial charge in [0.2, 0.25) is 0 Å². The van der Waals surface area contributed by atoms with Gasteiger partial charge in [-0.2, -0.15) is 0 Å². The Morgan fingerprint density at radius 1 is 1.13 bits per heavy atom. The van der Waals surface area contributed by atoms with Crippen LogP contribution in [0.1, 0.15) is 19.3 Å². The normalized spacial score (nSPS) is 18.9. The molecule has 0 amide bonds. The lowest BCUT2D eigenvalue weighted by Gasteiger charge is -2.25. The van der Waals surface area contributed by atoms with E-state index in [1.165, 1.54) is 25.3 Å². The number of nitrogens with two attached hydrogens (primary N) is 1. The highest BCUT2D eigenvalue weighted by Gasteiger charge is 2.20. The van der Waals surface area contributed by atoms with Gasteiger partial charge in [0, 0.05) is 18.8 Å². The summed E-state index contributed by atoms with van der Waals surface area (Å²) in [6.45, 7) is 3.57. The summed E-state index contributed by atoms with van der Waals surface area (Å²) >= 11 is 0. The number of ether oxygens (including phenoxy) is 2. The summed E-state index contributed by atoms with van der Waals surface area (Å²) in [5.41, 5.74) is 8.18. The molecule has 9 nitrogen and oxygen atoms in total. The summed E-state index contributed by atoms with van der Waals surface area (Å²) in [7, 11) is 0. The van der Waals surface area contributed by atoms with Gasteiger partial charge in [-0.05, 0) is 44.1 Å². The van der Waals surface area contributed by atoms with E-state index >= 15 is 0 Å². The molecule has 3 heterocycles. The van der Waals surface area contributed by atoms with Crippen LogP contribution in [0.25, 0.3) is 5.52 Å². The number of nitrogens with zero attached hydrogens (tertiary/aromatic N) is 4. The minimum Gasteiger partial charge on any atom is -0.489 e. The van der Waals surface area contributed by atoms with Gasteiger partial charge in [-0.25, -0.2) is 9.51 Å². The minimum absolute atomic E-state index is 0.114. The Morgan fingerprint density at radius 2 is 1.97 bits per heavy atom. The van der Waals surface area contributed by atoms with Crippen molar-refractivity contribution in [1.29, 1.82) is 5.41 Å². The molecule has 31 heavy (non-hydrogen) atoms. The van der Waals surface area contributed by atoms with Gasteiger partial charge in [-0.3, -0.25) is 10.3 Å². The number of fused-ring (bicyclic) bond motifs is 1. The zero-order chi connectivity index (χ0) is 21.6. The van der Waals surface area contributed by atoms with E-state index in [2.05, 4.69) is 10.00 Å². The van der Waals surface area contributed by atoms with Crippen molar-refractivity contribution in [2.45, 2.75) is 19.3 Å². The molecular weight excluding hydrogens is 396 g/mol. The second-order valence-electron chi connectivity index (χ2n) is 7.53. The first-order valence-corrected chi connectivity index (χ1v) is 10.6. The van der Waals surface area contributed by atoms with Gasteiger partial charge >= 0.3 is 0 Å². The largest absolute Gasteiger partial charge is 0.489 e. The van der Waals surface area contributed by atoms with E-state index in [0.29, 0.717) is 35.3 Å². The average Bonchev–Trinajstić information content (AvgIpc) is 3.13. The number of hydrogen-bond acceptors (Lipinski definition) is 8. The van der Waals surface area contributed by atoms with Crippen LogP contribution < -0.4 is 10.5 Å². The number of allylic oxidation sites excluding steroid dienone is 2. The maximum Gasteiger partial charge on any atom is 0.260 e. The molecule has 0 unspecified atom stereocenters. The SMILES string of the molecule is N=C1C=C(N)C(OCCO)=CC1=Nc1c(OCCN2CCCCC2)nn2ccccc12. The van der Waals surface area contributed by atoms with Crippen LogP contribution in [0.3, 0.4) is 0 Å². The lowest BCUT2D eigenvalue weighted by atomic mass is 10.1. The average molecular weight is 425 g/mol. The second kappa shape index (κ2) is 9.76. The molecule has 0 radical (unpaired) electrons. The molecule has 0 spiro atoms. The lowest BCUT2D eigenvalue weighted by molar-refractivity contribution is 0.149. The predicted octanol–water partition coefficient (Wildman–Crippen LogP) is 2.04. The highest BCUT2D eigenvalue weighted by atomic mass is 16.5. The number of nitrogens with one attached hydrogen (secondary N) is 1. The van der Waals surface area contributed by atoms with Crippen LogP contribution in [0.5, 0.6) is 5.88 Å². The van der Waals surface area contributed by atoms with Crippen LogP contribution in [-0.4, -0.2) is 70.5 Å². The van der Waals surface area contributed by atoms with E-state index in [0.717, 1.165) is 25.2 Å². The third-order valence-electron chi connectivity index (χ3n) is 5.29. The Balaban J connectivity index is 1.60. The molecule has 1 aliphatic heterocycles. The zero-order valence-corrected chi connectivity index (χ0v) is 17.5. The van der Waals surface area contributed by atoms with Crippen LogP contribution in [0, 0.1) is 5.41 Å². The fraction of sp³-hybridized carbons (Fsp3) is 0.409. The topological polar surface area (TPSA) is 121 Å². The van der Waals surface area contributed by atoms with E-state index in [-0.39, 0.29) is 18.9 Å². The summed E-state index contributed by atoms with van der Waals surface area (Å²) in [5.74, 6) is 0.810. The summed E-state index contributed by atoms with van der Waals surface area (Å²) in [6, 6.07) is 5.71. The monoisotopic (exact) mass is 424 g/mol. The molecule has 1 fully saturated rings. The van der Waals surface area contributed by atoms with Gasteiger partial charge in [0.15, 0.2) is 5.69 Å². The molecule has 2 aliphatic rings. The zero-order valence-electron chi connectivity index (χ0n) is 17.5. The smallest absolute Gasteiger partial charge is 0.260 e. The first-order valence-electron chi connectivity index (χ1n) is 10.6. The fourth-order valence-corrected chi connectivity index (χ4v) is 3.70. The lowest BCUT2D eigenvalue weighted by Crippen LogP contribution is -2.33. The third-order valence-corrected chi connectivity index (χ3v) is 5.29. The van der Waals surface area contributed by atoms with Crippen molar-refractivity contribution in [3.05, 3.63) is 48.0 Å². The molecule has 0 aromatic carbocycles. The molecule has 2 aromatic heterocycles. The molecule has 0 saturated carbocycles. The number of hydrogen-bond donors (Lipinski definition) is 3. The molecule has 9 heteroatoms. The van der Waals surface area contributed by atoms with Gasteiger partial charge in [0.05, 0.1) is 29.2 Å². The molecule has 1 saturated heterocycles. The Hall–Kier alpha value is -3.17. The number of aromatic nitrogens is 2. The van der Waals surface area contributed by atoms with Gasteiger partial charge in [-0.15, -0.1) is 5.10 Å². The molecular formula is C22H28N6O3. The number of aliphatic imine (C=N–C) groups is 1. The van der Waals surface area contributed by atoms with Crippen LogP contribution in [0.15, 0.2) is 53.0 Å². The van der Waals surface area contributed by atoms with Crippen LogP contribution in [0.4, 0.5) is 5.69 Å². The Morgan fingerprint density at radius 3 is 2.77 bits per heavy atom. The highest BCUT2D eigenvalue weighted by Crippen LogP contribution is 2.32. The van der Waals surface area contributed by atoms with Crippen molar-refractivity contribution in [2.75, 3.05) is 39.5 Å². The van der Waals surface area contributed by atoms with E-state index in [1.807, 2.05) is 24.4 Å². The van der Waals surface area contributed by atoms with Crippen molar-refractivity contribution >= 4 is 22.6 Å². The van der Waals surface area contributed by atoms with Crippen molar-refractivity contribution in [1.82, 2.24) is 14.5 Å². The highest BCUT2D eigenvalue weighted by molar-refractivity contribution is 6.50. The summed E-state index contributed by atoms with van der Waals surface area (Å²) < 4.78 is 13.2. The third kappa shape index (κ3) is 4.95. The summed E-state index contributed by atoms with van der Waals surface area (Å²) in [5, 5.41) is 21.9. The number of pyridine rings is 1. The Labute approximate surface area is 181 Å². The first kappa shape index (κ1) is 21.1. The molecule has 0 bridgehead atoms. The quantitative estimate of drug-likeness (QED) is 0.558. The van der Waals surface area contributed by atoms with Gasteiger partial charge in [0.1, 0.15) is 19.0 Å². The van der Waals surface area contributed by atoms with Crippen LogP contribution >= 0.6 is 0 Å². The van der Waals surface area contributed by atoms with Crippen molar-refractivity contribution in [2.24, 2.45) is 10.7 Å². The number of aliphatic hydroxyl groups excluding tert-OH is 1. The van der Waals surface area contributed by atoms with Crippen molar-refractivity contribution in [3.63, 3.8) is 0 Å². The summed E-state index contributed by atoms with van der Waals surface area (Å²) in [6.07, 6.45) is 8.71. The minimum atomic E-state index is -0.127. The number of rotatable bonds is 8. The van der Waals surface area contributed by atoms with Gasteiger partial charge in [-0.1, -0.05) is 12.5 Å². The maximum absolute atomic E-state index is 9.02. The van der Waals surface area contributed by atoms with E-state index in [1.54, 1.807) is 10.6 Å². The van der Waals surface area contributed by atoms with Crippen LogP contribution in [-0.2, 0) is 4.74 Å². The standard InChI is InChI=1S/C22H28N6O3/c23-16-14-17(24)20(30-13-11-29)15-18(16)25-21-19-6-2-5-9-28(19)26-22(21)31-12-10-27-7-3-1-4-8-27/h2,5-6,9,14-15,23,29H,1,3-4,7-8,10-13,24H2. The van der Waals surface area contributed by atoms with Gasteiger partial charge < -0.3 is 20.3 Å². The molecule has 4 N–H and O–H groups in total. The van der Waals surface area contributed by atoms with E-state index in [9.17, 15) is 0 Å². The number of piperidine rings is 1. The molecule has 0 atom stereocenters. The molecule has 164 valence electrons. The Kier molecular flexibility index (Phi) is 6.63. The molecule has 1 aliphatic carbocycles. The summed E-state index contributed by atoms with van der Waals surface area (Å²) in [4.78, 5) is 7.10. The fourth-order valence-electron chi connectivity index (χ4n) is 3.70. The maximum atomic E-state index is 9.02. The van der Waals surface area contributed by atoms with E-state index in [4.69, 9.17) is 30.7 Å². The first-order chi connectivity index (χ1) is 15.2. The number of aliphatic hydroxyl groups is 1.